The van der Waals surface area contributed by atoms with Crippen molar-refractivity contribution in [3.05, 3.63) is 22.6 Å². The molecule has 3 nitrogen and oxygen atoms in total. The Morgan fingerprint density at radius 3 is 2.50 bits per heavy atom. The standard InChI is InChI=1S/C8H4O3S/c9-5-1-4-7(11)3-12-8(4)2-6(5)10/h1-2H,3H2. The average Bonchev–Trinajstić information content (AvgIpc) is 2.35. The van der Waals surface area contributed by atoms with Crippen LogP contribution < -0.4 is 0 Å². The van der Waals surface area contributed by atoms with Crippen LogP contribution in [-0.4, -0.2) is 23.1 Å². The lowest BCUT2D eigenvalue weighted by Crippen LogP contribution is -2.14. The van der Waals surface area contributed by atoms with Crippen molar-refractivity contribution in [3.8, 4) is 0 Å². The van der Waals surface area contributed by atoms with Crippen molar-refractivity contribution in [3.63, 3.8) is 0 Å². The number of fused-ring (bicyclic) bond motifs is 1. The van der Waals surface area contributed by atoms with Crippen LogP contribution in [0.1, 0.15) is 0 Å². The largest absolute Gasteiger partial charge is 0.293 e. The number of hydrogen-bond donors (Lipinski definition) is 0. The molecule has 1 fully saturated rings. The molecule has 2 rings (SSSR count). The average molecular weight is 180 g/mol. The van der Waals surface area contributed by atoms with Crippen molar-refractivity contribution in [2.75, 3.05) is 5.75 Å². The molecule has 2 aliphatic rings. The van der Waals surface area contributed by atoms with Crippen molar-refractivity contribution in [2.24, 2.45) is 0 Å². The fourth-order valence-corrected chi connectivity index (χ4v) is 2.06. The Morgan fingerprint density at radius 1 is 1.08 bits per heavy atom. The third kappa shape index (κ3) is 0.956. The fraction of sp³-hybridized carbons (Fsp3) is 0.125. The van der Waals surface area contributed by atoms with Crippen LogP contribution in [0.15, 0.2) is 22.6 Å². The lowest BCUT2D eigenvalue weighted by Gasteiger charge is -2.01. The van der Waals surface area contributed by atoms with E-state index in [1.807, 2.05) is 0 Å². The summed E-state index contributed by atoms with van der Waals surface area (Å²) < 4.78 is 0. The first-order valence-corrected chi connectivity index (χ1v) is 4.35. The molecule has 1 heterocycles. The number of Topliss-reactive ketones (excluding diaryl/α,β-unsaturated/α-hetero) is 1. The Kier molecular flexibility index (Phi) is 1.51. The molecule has 0 aromatic rings. The first kappa shape index (κ1) is 7.49. The molecule has 1 aliphatic carbocycles. The molecule has 0 unspecified atom stereocenters. The van der Waals surface area contributed by atoms with E-state index in [1.165, 1.54) is 17.8 Å². The number of allylic oxidation sites excluding steroid dienone is 3. The van der Waals surface area contributed by atoms with Gasteiger partial charge < -0.3 is 0 Å². The molecule has 60 valence electrons. The summed E-state index contributed by atoms with van der Waals surface area (Å²) in [5.74, 6) is -0.842. The molecule has 0 amide bonds. The lowest BCUT2D eigenvalue weighted by atomic mass is 10.0. The maximum atomic E-state index is 11.1. The van der Waals surface area contributed by atoms with Crippen molar-refractivity contribution < 1.29 is 14.4 Å². The maximum Gasteiger partial charge on any atom is 0.226 e. The summed E-state index contributed by atoms with van der Waals surface area (Å²) >= 11 is 1.31. The smallest absolute Gasteiger partial charge is 0.226 e. The zero-order chi connectivity index (χ0) is 8.72. The van der Waals surface area contributed by atoms with Crippen LogP contribution in [0.5, 0.6) is 0 Å². The van der Waals surface area contributed by atoms with Crippen LogP contribution in [0.2, 0.25) is 0 Å². The molecule has 1 aliphatic heterocycles. The van der Waals surface area contributed by atoms with Gasteiger partial charge in [0.05, 0.1) is 5.75 Å². The predicted molar refractivity (Wildman–Crippen MR) is 43.6 cm³/mol. The van der Waals surface area contributed by atoms with Crippen LogP contribution in [0.4, 0.5) is 0 Å². The third-order valence-electron chi connectivity index (χ3n) is 1.71. The van der Waals surface area contributed by atoms with E-state index < -0.39 is 11.6 Å². The summed E-state index contributed by atoms with van der Waals surface area (Å²) in [6.45, 7) is 0. The molecule has 0 spiro atoms. The van der Waals surface area contributed by atoms with Crippen LogP contribution >= 0.6 is 11.8 Å². The van der Waals surface area contributed by atoms with Gasteiger partial charge >= 0.3 is 0 Å². The van der Waals surface area contributed by atoms with Gasteiger partial charge in [-0.15, -0.1) is 11.8 Å². The SMILES string of the molecule is O=C1C=C2SCC(=O)C2=CC1=O. The van der Waals surface area contributed by atoms with E-state index >= 15 is 0 Å². The molecule has 0 radical (unpaired) electrons. The van der Waals surface area contributed by atoms with Crippen molar-refractivity contribution in [1.29, 1.82) is 0 Å². The van der Waals surface area contributed by atoms with Gasteiger partial charge in [-0.3, -0.25) is 14.4 Å². The van der Waals surface area contributed by atoms with Gasteiger partial charge in [0, 0.05) is 22.6 Å². The second-order valence-corrected chi connectivity index (χ2v) is 3.52. The minimum absolute atomic E-state index is 0.0629. The first-order chi connectivity index (χ1) is 5.68. The van der Waals surface area contributed by atoms with Crippen LogP contribution in [0.25, 0.3) is 0 Å². The van der Waals surface area contributed by atoms with Crippen LogP contribution in [0.3, 0.4) is 0 Å². The molecule has 0 bridgehead atoms. The van der Waals surface area contributed by atoms with Crippen LogP contribution in [-0.2, 0) is 14.4 Å². The van der Waals surface area contributed by atoms with E-state index in [1.54, 1.807) is 0 Å². The molecule has 1 saturated heterocycles. The molecule has 12 heavy (non-hydrogen) atoms. The van der Waals surface area contributed by atoms with Gasteiger partial charge in [-0.1, -0.05) is 0 Å². The van der Waals surface area contributed by atoms with Crippen LogP contribution in [0, 0.1) is 0 Å². The molecular weight excluding hydrogens is 176 g/mol. The monoisotopic (exact) mass is 180 g/mol. The van der Waals surface area contributed by atoms with E-state index in [0.717, 1.165) is 6.08 Å². The normalized spacial score (nSPS) is 22.2. The Labute approximate surface area is 72.5 Å². The van der Waals surface area contributed by atoms with E-state index in [4.69, 9.17) is 0 Å². The topological polar surface area (TPSA) is 51.2 Å². The Bertz CT molecular complexity index is 362. The molecule has 0 atom stereocenters. The Hall–Kier alpha value is -1.16. The lowest BCUT2D eigenvalue weighted by molar-refractivity contribution is -0.131. The summed E-state index contributed by atoms with van der Waals surface area (Å²) in [6.07, 6.45) is 2.38. The summed E-state index contributed by atoms with van der Waals surface area (Å²) in [4.78, 5) is 33.4. The van der Waals surface area contributed by atoms with E-state index in [2.05, 4.69) is 0 Å². The molecule has 0 N–H and O–H groups in total. The number of carbonyl (C=O) groups excluding carboxylic acids is 3. The second-order valence-electron chi connectivity index (χ2n) is 2.51. The van der Waals surface area contributed by atoms with E-state index in [-0.39, 0.29) is 5.78 Å². The number of rotatable bonds is 0. The van der Waals surface area contributed by atoms with Crippen molar-refractivity contribution >= 4 is 29.1 Å². The van der Waals surface area contributed by atoms with Gasteiger partial charge in [-0.25, -0.2) is 0 Å². The summed E-state index contributed by atoms with van der Waals surface area (Å²) in [5.41, 5.74) is 0.407. The van der Waals surface area contributed by atoms with Gasteiger partial charge in [0.1, 0.15) is 0 Å². The molecular formula is C8H4O3S. The van der Waals surface area contributed by atoms with Crippen molar-refractivity contribution in [1.82, 2.24) is 0 Å². The highest BCUT2D eigenvalue weighted by atomic mass is 32.2. The van der Waals surface area contributed by atoms with Gasteiger partial charge in [0.15, 0.2) is 5.78 Å². The fourth-order valence-electron chi connectivity index (χ4n) is 1.10. The zero-order valence-electron chi connectivity index (χ0n) is 5.99. The highest BCUT2D eigenvalue weighted by Gasteiger charge is 2.29. The summed E-state index contributed by atoms with van der Waals surface area (Å²) in [7, 11) is 0. The van der Waals surface area contributed by atoms with Gasteiger partial charge in [0.2, 0.25) is 11.6 Å². The first-order valence-electron chi connectivity index (χ1n) is 3.36. The van der Waals surface area contributed by atoms with E-state index in [9.17, 15) is 14.4 Å². The number of thioether (sulfide) groups is 1. The second kappa shape index (κ2) is 2.42. The highest BCUT2D eigenvalue weighted by molar-refractivity contribution is 8.04. The van der Waals surface area contributed by atoms with Gasteiger partial charge in [0.25, 0.3) is 0 Å². The number of carbonyl (C=O) groups is 3. The van der Waals surface area contributed by atoms with E-state index in [0.29, 0.717) is 16.2 Å². The zero-order valence-corrected chi connectivity index (χ0v) is 6.81. The quantitative estimate of drug-likeness (QED) is 0.396. The van der Waals surface area contributed by atoms with Crippen molar-refractivity contribution in [2.45, 2.75) is 0 Å². The third-order valence-corrected chi connectivity index (χ3v) is 2.76. The molecule has 0 aromatic carbocycles. The Morgan fingerprint density at radius 2 is 1.75 bits per heavy atom. The molecule has 0 aromatic heterocycles. The van der Waals surface area contributed by atoms with Gasteiger partial charge in [-0.2, -0.15) is 0 Å². The minimum Gasteiger partial charge on any atom is -0.293 e. The summed E-state index contributed by atoms with van der Waals surface area (Å²) in [5, 5.41) is 0. The Balaban J connectivity index is 2.51. The van der Waals surface area contributed by atoms with Gasteiger partial charge in [-0.05, 0) is 0 Å². The minimum atomic E-state index is -0.593. The highest BCUT2D eigenvalue weighted by Crippen LogP contribution is 2.34. The molecule has 4 heteroatoms. The number of hydrogen-bond acceptors (Lipinski definition) is 4. The number of ketones is 3. The maximum absolute atomic E-state index is 11.1. The predicted octanol–water partition coefficient (Wildman–Crippen LogP) is 0.264. The summed E-state index contributed by atoms with van der Waals surface area (Å²) in [6, 6.07) is 0. The molecule has 0 saturated carbocycles.